The quantitative estimate of drug-likeness (QED) is 0.644. The van der Waals surface area contributed by atoms with Crippen molar-refractivity contribution >= 4 is 0 Å². The fourth-order valence-corrected chi connectivity index (χ4v) is 1.12. The highest BCUT2D eigenvalue weighted by Crippen LogP contribution is 2.36. The molecule has 1 saturated carbocycles. The van der Waals surface area contributed by atoms with Crippen molar-refractivity contribution in [2.75, 3.05) is 0 Å². The predicted octanol–water partition coefficient (Wildman–Crippen LogP) is 2.16. The Labute approximate surface area is 62.8 Å². The first-order valence-electron chi connectivity index (χ1n) is 3.60. The SMILES string of the molecule is FC(F)c1ccnn1C1CC1. The molecule has 1 aliphatic carbocycles. The Morgan fingerprint density at radius 1 is 1.55 bits per heavy atom. The van der Waals surface area contributed by atoms with Crippen LogP contribution in [-0.2, 0) is 0 Å². The van der Waals surface area contributed by atoms with E-state index < -0.39 is 6.43 Å². The number of rotatable bonds is 2. The van der Waals surface area contributed by atoms with Crippen molar-refractivity contribution in [1.82, 2.24) is 9.78 Å². The highest BCUT2D eigenvalue weighted by Gasteiger charge is 2.28. The second kappa shape index (κ2) is 2.29. The lowest BCUT2D eigenvalue weighted by Crippen LogP contribution is -2.02. The molecule has 1 aliphatic rings. The van der Waals surface area contributed by atoms with Gasteiger partial charge in [0.05, 0.1) is 6.04 Å². The van der Waals surface area contributed by atoms with E-state index in [1.54, 1.807) is 0 Å². The maximum atomic E-state index is 12.2. The van der Waals surface area contributed by atoms with Gasteiger partial charge in [0, 0.05) is 6.20 Å². The maximum absolute atomic E-state index is 12.2. The van der Waals surface area contributed by atoms with Crippen LogP contribution in [-0.4, -0.2) is 9.78 Å². The summed E-state index contributed by atoms with van der Waals surface area (Å²) in [5.74, 6) is 0. The van der Waals surface area contributed by atoms with Crippen molar-refractivity contribution in [3.63, 3.8) is 0 Å². The summed E-state index contributed by atoms with van der Waals surface area (Å²) >= 11 is 0. The molecule has 0 aliphatic heterocycles. The summed E-state index contributed by atoms with van der Waals surface area (Å²) in [6, 6.07) is 1.62. The highest BCUT2D eigenvalue weighted by molar-refractivity contribution is 5.05. The average molecular weight is 158 g/mol. The van der Waals surface area contributed by atoms with Crippen LogP contribution in [0.5, 0.6) is 0 Å². The molecule has 0 saturated heterocycles. The third-order valence-electron chi connectivity index (χ3n) is 1.82. The second-order valence-corrected chi connectivity index (χ2v) is 2.73. The molecule has 4 heteroatoms. The van der Waals surface area contributed by atoms with Gasteiger partial charge in [0.15, 0.2) is 0 Å². The zero-order valence-electron chi connectivity index (χ0n) is 5.87. The molecule has 1 aromatic heterocycles. The van der Waals surface area contributed by atoms with Gasteiger partial charge in [-0.05, 0) is 18.9 Å². The minimum absolute atomic E-state index is 0.0486. The Morgan fingerprint density at radius 3 is 2.82 bits per heavy atom. The second-order valence-electron chi connectivity index (χ2n) is 2.73. The zero-order valence-corrected chi connectivity index (χ0v) is 5.87. The Balaban J connectivity index is 2.30. The Bertz CT molecular complexity index is 236. The lowest BCUT2D eigenvalue weighted by atomic mass is 10.4. The maximum Gasteiger partial charge on any atom is 0.280 e. The van der Waals surface area contributed by atoms with Gasteiger partial charge in [-0.25, -0.2) is 8.78 Å². The first-order chi connectivity index (χ1) is 5.29. The molecule has 60 valence electrons. The number of alkyl halides is 2. The predicted molar refractivity (Wildman–Crippen MR) is 35.5 cm³/mol. The first-order valence-corrected chi connectivity index (χ1v) is 3.60. The van der Waals surface area contributed by atoms with Crippen LogP contribution in [0, 0.1) is 0 Å². The van der Waals surface area contributed by atoms with E-state index in [2.05, 4.69) is 5.10 Å². The molecule has 1 heterocycles. The van der Waals surface area contributed by atoms with Gasteiger partial charge in [-0.2, -0.15) is 5.10 Å². The average Bonchev–Trinajstić information content (AvgIpc) is 2.68. The van der Waals surface area contributed by atoms with Crippen molar-refractivity contribution in [2.45, 2.75) is 25.3 Å². The van der Waals surface area contributed by atoms with Gasteiger partial charge in [0.2, 0.25) is 0 Å². The van der Waals surface area contributed by atoms with Crippen molar-refractivity contribution in [1.29, 1.82) is 0 Å². The Kier molecular flexibility index (Phi) is 1.41. The van der Waals surface area contributed by atoms with E-state index >= 15 is 0 Å². The van der Waals surface area contributed by atoms with Gasteiger partial charge in [-0.3, -0.25) is 4.68 Å². The summed E-state index contributed by atoms with van der Waals surface area (Å²) in [6.45, 7) is 0. The number of hydrogen-bond donors (Lipinski definition) is 0. The summed E-state index contributed by atoms with van der Waals surface area (Å²) in [5, 5.41) is 3.84. The molecule has 0 N–H and O–H groups in total. The van der Waals surface area contributed by atoms with Crippen molar-refractivity contribution in [3.8, 4) is 0 Å². The third kappa shape index (κ3) is 1.13. The molecule has 1 aromatic rings. The summed E-state index contributed by atoms with van der Waals surface area (Å²) in [7, 11) is 0. The van der Waals surface area contributed by atoms with E-state index in [9.17, 15) is 8.78 Å². The molecule has 0 unspecified atom stereocenters. The van der Waals surface area contributed by atoms with Crippen LogP contribution < -0.4 is 0 Å². The van der Waals surface area contributed by atoms with Crippen LogP contribution in [0.4, 0.5) is 8.78 Å². The third-order valence-corrected chi connectivity index (χ3v) is 1.82. The first kappa shape index (κ1) is 6.76. The molecular weight excluding hydrogens is 150 g/mol. The number of nitrogens with zero attached hydrogens (tertiary/aromatic N) is 2. The van der Waals surface area contributed by atoms with Gasteiger partial charge in [-0.15, -0.1) is 0 Å². The van der Waals surface area contributed by atoms with Gasteiger partial charge >= 0.3 is 0 Å². The molecule has 0 amide bonds. The molecule has 2 nitrogen and oxygen atoms in total. The van der Waals surface area contributed by atoms with Crippen LogP contribution in [0.1, 0.15) is 31.0 Å². The van der Waals surface area contributed by atoms with Crippen LogP contribution in [0.15, 0.2) is 12.3 Å². The van der Waals surface area contributed by atoms with Gasteiger partial charge in [-0.1, -0.05) is 0 Å². The lowest BCUT2D eigenvalue weighted by molar-refractivity contribution is 0.139. The summed E-state index contributed by atoms with van der Waals surface area (Å²) in [5.41, 5.74) is 0.0486. The van der Waals surface area contributed by atoms with E-state index in [4.69, 9.17) is 0 Å². The normalized spacial score (nSPS) is 17.7. The summed E-state index contributed by atoms with van der Waals surface area (Å²) in [4.78, 5) is 0. The minimum Gasteiger partial charge on any atom is -0.261 e. The van der Waals surface area contributed by atoms with Crippen molar-refractivity contribution < 1.29 is 8.78 Å². The van der Waals surface area contributed by atoms with Crippen LogP contribution in [0.25, 0.3) is 0 Å². The topological polar surface area (TPSA) is 17.8 Å². The Morgan fingerprint density at radius 2 is 2.27 bits per heavy atom. The van der Waals surface area contributed by atoms with E-state index in [0.29, 0.717) is 0 Å². The van der Waals surface area contributed by atoms with E-state index in [-0.39, 0.29) is 11.7 Å². The van der Waals surface area contributed by atoms with Gasteiger partial charge in [0.25, 0.3) is 6.43 Å². The number of aromatic nitrogens is 2. The molecule has 0 aromatic carbocycles. The van der Waals surface area contributed by atoms with Crippen LogP contribution >= 0.6 is 0 Å². The molecular formula is C7H8F2N2. The van der Waals surface area contributed by atoms with Crippen LogP contribution in [0.2, 0.25) is 0 Å². The molecule has 0 bridgehead atoms. The van der Waals surface area contributed by atoms with E-state index in [0.717, 1.165) is 12.8 Å². The largest absolute Gasteiger partial charge is 0.280 e. The van der Waals surface area contributed by atoms with E-state index in [1.165, 1.54) is 16.9 Å². The standard InChI is InChI=1S/C7H8F2N2/c8-7(9)6-3-4-10-11(6)5-1-2-5/h3-5,7H,1-2H2. The molecule has 11 heavy (non-hydrogen) atoms. The monoisotopic (exact) mass is 158 g/mol. The zero-order chi connectivity index (χ0) is 7.84. The summed E-state index contributed by atoms with van der Waals surface area (Å²) in [6.07, 6.45) is 1.01. The fourth-order valence-electron chi connectivity index (χ4n) is 1.12. The lowest BCUT2D eigenvalue weighted by Gasteiger charge is -2.02. The molecule has 1 fully saturated rings. The molecule has 0 spiro atoms. The van der Waals surface area contributed by atoms with Crippen molar-refractivity contribution in [3.05, 3.63) is 18.0 Å². The smallest absolute Gasteiger partial charge is 0.261 e. The highest BCUT2D eigenvalue weighted by atomic mass is 19.3. The van der Waals surface area contributed by atoms with E-state index in [1.807, 2.05) is 0 Å². The molecule has 0 atom stereocenters. The van der Waals surface area contributed by atoms with Crippen LogP contribution in [0.3, 0.4) is 0 Å². The minimum atomic E-state index is -2.39. The van der Waals surface area contributed by atoms with Crippen molar-refractivity contribution in [2.24, 2.45) is 0 Å². The van der Waals surface area contributed by atoms with Gasteiger partial charge in [0.1, 0.15) is 5.69 Å². The van der Waals surface area contributed by atoms with Gasteiger partial charge < -0.3 is 0 Å². The number of halogens is 2. The molecule has 2 rings (SSSR count). The Hall–Kier alpha value is -0.930. The molecule has 0 radical (unpaired) electrons. The summed E-state index contributed by atoms with van der Waals surface area (Å²) < 4.78 is 25.8. The number of hydrogen-bond acceptors (Lipinski definition) is 1. The fraction of sp³-hybridized carbons (Fsp3) is 0.571.